The molecule has 3 aromatic heterocycles. The quantitative estimate of drug-likeness (QED) is 0.337. The van der Waals surface area contributed by atoms with Gasteiger partial charge >= 0.3 is 0 Å². The predicted molar refractivity (Wildman–Crippen MR) is 157 cm³/mol. The number of rotatable bonds is 7. The summed E-state index contributed by atoms with van der Waals surface area (Å²) in [6, 6.07) is 9.92. The van der Waals surface area contributed by atoms with Gasteiger partial charge in [0.15, 0.2) is 0 Å². The van der Waals surface area contributed by atoms with Crippen LogP contribution in [0.2, 0.25) is 0 Å². The maximum absolute atomic E-state index is 13.7. The molecule has 0 spiro atoms. The zero-order chi connectivity index (χ0) is 28.9. The zero-order valence-corrected chi connectivity index (χ0v) is 23.7. The fraction of sp³-hybridized carbons (Fsp3) is 0.531. The number of nitrogens with zero attached hydrogens (tertiary/aromatic N) is 4. The number of fused-ring (bicyclic) bond motifs is 4. The molecule has 2 bridgehead atoms. The first-order valence-electron chi connectivity index (χ1n) is 15.3. The van der Waals surface area contributed by atoms with E-state index in [0.29, 0.717) is 16.8 Å². The third-order valence-electron chi connectivity index (χ3n) is 10.0. The lowest BCUT2D eigenvalue weighted by atomic mass is 9.63. The summed E-state index contributed by atoms with van der Waals surface area (Å²) in [7, 11) is 0. The van der Waals surface area contributed by atoms with Gasteiger partial charge in [-0.25, -0.2) is 4.52 Å². The Kier molecular flexibility index (Phi) is 6.65. The highest BCUT2D eigenvalue weighted by Gasteiger charge is 2.48. The van der Waals surface area contributed by atoms with Gasteiger partial charge in [-0.15, -0.1) is 0 Å². The summed E-state index contributed by atoms with van der Waals surface area (Å²) in [6.45, 7) is 0. The van der Waals surface area contributed by atoms with E-state index in [-0.39, 0.29) is 35.4 Å². The van der Waals surface area contributed by atoms with E-state index in [0.717, 1.165) is 93.9 Å². The van der Waals surface area contributed by atoms with E-state index in [4.69, 9.17) is 4.98 Å². The molecule has 218 valence electrons. The van der Waals surface area contributed by atoms with Crippen LogP contribution < -0.4 is 16.0 Å². The second kappa shape index (κ2) is 10.4. The minimum absolute atomic E-state index is 0.0461. The van der Waals surface area contributed by atoms with Crippen LogP contribution in [0.15, 0.2) is 36.7 Å². The largest absolute Gasteiger partial charge is 0.390 e. The van der Waals surface area contributed by atoms with Crippen molar-refractivity contribution in [3.63, 3.8) is 0 Å². The Morgan fingerprint density at radius 3 is 2.29 bits per heavy atom. The Hall–Kier alpha value is -3.97. The van der Waals surface area contributed by atoms with Crippen LogP contribution >= 0.6 is 0 Å². The van der Waals surface area contributed by atoms with Crippen molar-refractivity contribution in [1.29, 1.82) is 5.26 Å². The molecule has 8 rings (SSSR count). The first-order chi connectivity index (χ1) is 20.3. The van der Waals surface area contributed by atoms with Crippen molar-refractivity contribution in [2.45, 2.75) is 100 Å². The molecule has 3 heterocycles. The second-order valence-corrected chi connectivity index (χ2v) is 13.0. The number of amides is 2. The van der Waals surface area contributed by atoms with E-state index in [1.54, 1.807) is 16.8 Å². The van der Waals surface area contributed by atoms with Crippen LogP contribution in [0.4, 0.5) is 5.69 Å². The molecule has 0 aliphatic heterocycles. The van der Waals surface area contributed by atoms with Crippen molar-refractivity contribution < 1.29 is 14.7 Å². The van der Waals surface area contributed by atoms with Gasteiger partial charge in [0, 0.05) is 29.7 Å². The second-order valence-electron chi connectivity index (χ2n) is 13.0. The van der Waals surface area contributed by atoms with E-state index in [1.165, 1.54) is 6.20 Å². The van der Waals surface area contributed by atoms with Gasteiger partial charge < -0.3 is 21.1 Å². The summed E-state index contributed by atoms with van der Waals surface area (Å²) in [6.07, 6.45) is 13.4. The van der Waals surface area contributed by atoms with Crippen LogP contribution in [-0.2, 0) is 4.79 Å². The molecule has 0 aromatic carbocycles. The summed E-state index contributed by atoms with van der Waals surface area (Å²) in [4.78, 5) is 30.6. The van der Waals surface area contributed by atoms with E-state index >= 15 is 0 Å². The van der Waals surface area contributed by atoms with Crippen molar-refractivity contribution in [3.8, 4) is 17.5 Å². The smallest absolute Gasteiger partial charge is 0.255 e. The number of anilines is 1. The Balaban J connectivity index is 1.13. The standard InChI is InChI=1S/C32H37N7O3/c33-17-20-15-24-7-8-28(39(24)35-18-20)27-16-26(38-31-9-12-32(42,13-10-31)14-11-31)25(19-34-27)30(41)37-23-5-3-22(4-6-23)36-29(40)21-1-2-21/h7-8,15-16,18-19,21-23,42H,1-6,9-14H2,(H,34,38)(H,36,40)(H,37,41)/t22-,23-,31?,32?. The molecule has 5 saturated carbocycles. The first kappa shape index (κ1) is 26.9. The number of hydrogen-bond donors (Lipinski definition) is 4. The van der Waals surface area contributed by atoms with Crippen molar-refractivity contribution in [2.24, 2.45) is 5.92 Å². The number of aromatic nitrogens is 3. The lowest BCUT2D eigenvalue weighted by Crippen LogP contribution is -2.54. The van der Waals surface area contributed by atoms with Crippen molar-refractivity contribution in [2.75, 3.05) is 5.32 Å². The van der Waals surface area contributed by atoms with Gasteiger partial charge in [-0.05, 0) is 101 Å². The zero-order valence-electron chi connectivity index (χ0n) is 23.7. The first-order valence-corrected chi connectivity index (χ1v) is 15.3. The van der Waals surface area contributed by atoms with Crippen molar-refractivity contribution in [1.82, 2.24) is 25.2 Å². The fourth-order valence-electron chi connectivity index (χ4n) is 7.08. The summed E-state index contributed by atoms with van der Waals surface area (Å²) in [5.41, 5.74) is 3.25. The SMILES string of the molecule is N#Cc1cnn2c(-c3cc(NC45CCC(O)(CC4)CC5)c(C(=O)N[C@H]4CC[C@H](NC(=O)C5CC5)CC4)cn3)ccc2c1. The van der Waals surface area contributed by atoms with Crippen LogP contribution in [0.1, 0.15) is 93.0 Å². The third-order valence-corrected chi connectivity index (χ3v) is 10.0. The molecular formula is C32H37N7O3. The Labute approximate surface area is 244 Å². The summed E-state index contributed by atoms with van der Waals surface area (Å²) in [5, 5.41) is 34.7. The normalized spacial score (nSPS) is 28.7. The van der Waals surface area contributed by atoms with Gasteiger partial charge in [0.05, 0.1) is 45.5 Å². The molecule has 2 amide bonds. The van der Waals surface area contributed by atoms with E-state index < -0.39 is 5.60 Å². The molecule has 0 radical (unpaired) electrons. The molecule has 0 atom stereocenters. The van der Waals surface area contributed by atoms with Gasteiger partial charge in [-0.3, -0.25) is 14.6 Å². The van der Waals surface area contributed by atoms with Gasteiger partial charge in [0.1, 0.15) is 6.07 Å². The summed E-state index contributed by atoms with van der Waals surface area (Å²) in [5.74, 6) is 0.239. The molecule has 0 unspecified atom stereocenters. The predicted octanol–water partition coefficient (Wildman–Crippen LogP) is 4.08. The van der Waals surface area contributed by atoms with Gasteiger partial charge in [0.25, 0.3) is 5.91 Å². The van der Waals surface area contributed by atoms with Crippen LogP contribution in [0, 0.1) is 17.2 Å². The van der Waals surface area contributed by atoms with Crippen LogP contribution in [-0.4, -0.2) is 54.7 Å². The van der Waals surface area contributed by atoms with Crippen LogP contribution in [0.25, 0.3) is 16.9 Å². The lowest BCUT2D eigenvalue weighted by Gasteiger charge is -2.51. The van der Waals surface area contributed by atoms with Crippen molar-refractivity contribution >= 4 is 23.0 Å². The van der Waals surface area contributed by atoms with Crippen molar-refractivity contribution in [3.05, 3.63) is 47.8 Å². The molecule has 0 saturated heterocycles. The lowest BCUT2D eigenvalue weighted by molar-refractivity contribution is -0.123. The monoisotopic (exact) mass is 567 g/mol. The number of carbonyl (C=O) groups excluding carboxylic acids is 2. The summed E-state index contributed by atoms with van der Waals surface area (Å²) < 4.78 is 1.76. The molecule has 10 nitrogen and oxygen atoms in total. The average molecular weight is 568 g/mol. The number of aliphatic hydroxyl groups is 1. The molecule has 5 aliphatic carbocycles. The molecule has 10 heteroatoms. The highest BCUT2D eigenvalue weighted by atomic mass is 16.3. The molecule has 4 N–H and O–H groups in total. The molecular weight excluding hydrogens is 530 g/mol. The Morgan fingerprint density at radius 2 is 1.62 bits per heavy atom. The van der Waals surface area contributed by atoms with E-state index in [2.05, 4.69) is 27.1 Å². The number of pyridine rings is 1. The van der Waals surface area contributed by atoms with Crippen LogP contribution in [0.3, 0.4) is 0 Å². The number of carbonyl (C=O) groups is 2. The van der Waals surface area contributed by atoms with E-state index in [9.17, 15) is 20.0 Å². The maximum atomic E-state index is 13.7. The minimum atomic E-state index is -0.553. The molecule has 5 aliphatic rings. The fourth-order valence-corrected chi connectivity index (χ4v) is 7.08. The number of hydrogen-bond acceptors (Lipinski definition) is 7. The molecule has 5 fully saturated rings. The third kappa shape index (κ3) is 5.22. The minimum Gasteiger partial charge on any atom is -0.390 e. The number of nitriles is 1. The van der Waals surface area contributed by atoms with Gasteiger partial charge in [-0.2, -0.15) is 10.4 Å². The number of nitrogens with one attached hydrogen (secondary N) is 3. The Morgan fingerprint density at radius 1 is 0.929 bits per heavy atom. The Bertz CT molecular complexity index is 1550. The average Bonchev–Trinajstić information content (AvgIpc) is 3.78. The molecule has 3 aromatic rings. The van der Waals surface area contributed by atoms with Crippen LogP contribution in [0.5, 0.6) is 0 Å². The topological polar surface area (TPSA) is 144 Å². The molecule has 42 heavy (non-hydrogen) atoms. The van der Waals surface area contributed by atoms with Gasteiger partial charge in [0.2, 0.25) is 5.91 Å². The highest BCUT2D eigenvalue weighted by Crippen LogP contribution is 2.48. The van der Waals surface area contributed by atoms with E-state index in [1.807, 2.05) is 18.2 Å². The maximum Gasteiger partial charge on any atom is 0.255 e. The summed E-state index contributed by atoms with van der Waals surface area (Å²) >= 11 is 0. The van der Waals surface area contributed by atoms with Gasteiger partial charge in [-0.1, -0.05) is 0 Å². The highest BCUT2D eigenvalue weighted by molar-refractivity contribution is 6.00.